The van der Waals surface area contributed by atoms with Crippen LogP contribution in [0.2, 0.25) is 0 Å². The van der Waals surface area contributed by atoms with Crippen LogP contribution in [0.3, 0.4) is 0 Å². The molecule has 1 N–H and O–H groups in total. The van der Waals surface area contributed by atoms with Crippen molar-refractivity contribution in [3.8, 4) is 5.75 Å². The second-order valence-corrected chi connectivity index (χ2v) is 6.38. The number of benzene rings is 1. The number of hydrogen-bond acceptors (Lipinski definition) is 5. The van der Waals surface area contributed by atoms with E-state index in [2.05, 4.69) is 44.7 Å². The first kappa shape index (κ1) is 14.9. The number of aromatic nitrogens is 4. The zero-order valence-corrected chi connectivity index (χ0v) is 14.0. The SMILES string of the molecule is Cc1cc(C)cc(OCCNc2ncnc3c2ncn3C2CC2)c1. The fourth-order valence-corrected chi connectivity index (χ4v) is 2.96. The van der Waals surface area contributed by atoms with E-state index >= 15 is 0 Å². The first-order chi connectivity index (χ1) is 11.7. The fraction of sp³-hybridized carbons (Fsp3) is 0.389. The summed E-state index contributed by atoms with van der Waals surface area (Å²) in [6.07, 6.45) is 5.88. The molecule has 0 bridgehead atoms. The molecule has 3 aromatic rings. The van der Waals surface area contributed by atoms with Crippen molar-refractivity contribution in [2.75, 3.05) is 18.5 Å². The third-order valence-electron chi connectivity index (χ3n) is 4.16. The molecule has 6 heteroatoms. The molecule has 0 spiro atoms. The van der Waals surface area contributed by atoms with Crippen LogP contribution in [0.15, 0.2) is 30.9 Å². The van der Waals surface area contributed by atoms with Gasteiger partial charge < -0.3 is 14.6 Å². The molecular weight excluding hydrogens is 302 g/mol. The molecule has 1 aliphatic rings. The Hall–Kier alpha value is -2.63. The predicted molar refractivity (Wildman–Crippen MR) is 93.5 cm³/mol. The fourth-order valence-electron chi connectivity index (χ4n) is 2.96. The van der Waals surface area contributed by atoms with Crippen LogP contribution in [0.25, 0.3) is 11.2 Å². The van der Waals surface area contributed by atoms with E-state index in [1.807, 2.05) is 18.5 Å². The minimum Gasteiger partial charge on any atom is -0.492 e. The van der Waals surface area contributed by atoms with Gasteiger partial charge in [0, 0.05) is 6.04 Å². The van der Waals surface area contributed by atoms with Crippen molar-refractivity contribution in [1.82, 2.24) is 19.5 Å². The Morgan fingerprint density at radius 1 is 1.12 bits per heavy atom. The van der Waals surface area contributed by atoms with Crippen LogP contribution < -0.4 is 10.1 Å². The zero-order valence-electron chi connectivity index (χ0n) is 14.0. The highest BCUT2D eigenvalue weighted by molar-refractivity contribution is 5.82. The van der Waals surface area contributed by atoms with Crippen LogP contribution in [0, 0.1) is 13.8 Å². The molecule has 24 heavy (non-hydrogen) atoms. The molecule has 0 aliphatic heterocycles. The molecule has 1 aromatic carbocycles. The van der Waals surface area contributed by atoms with E-state index in [1.54, 1.807) is 6.33 Å². The van der Waals surface area contributed by atoms with Crippen LogP contribution in [0.4, 0.5) is 5.82 Å². The van der Waals surface area contributed by atoms with Gasteiger partial charge in [-0.2, -0.15) is 0 Å². The summed E-state index contributed by atoms with van der Waals surface area (Å²) >= 11 is 0. The van der Waals surface area contributed by atoms with Gasteiger partial charge in [-0.15, -0.1) is 0 Å². The maximum Gasteiger partial charge on any atom is 0.165 e. The lowest BCUT2D eigenvalue weighted by molar-refractivity contribution is 0.332. The Kier molecular flexibility index (Phi) is 3.80. The molecule has 6 nitrogen and oxygen atoms in total. The molecule has 0 unspecified atom stereocenters. The highest BCUT2D eigenvalue weighted by Gasteiger charge is 2.26. The summed E-state index contributed by atoms with van der Waals surface area (Å²) in [5, 5.41) is 3.31. The van der Waals surface area contributed by atoms with E-state index in [9.17, 15) is 0 Å². The summed E-state index contributed by atoms with van der Waals surface area (Å²) in [7, 11) is 0. The molecule has 1 fully saturated rings. The normalized spacial score (nSPS) is 14.1. The number of ether oxygens (including phenoxy) is 1. The number of imidazole rings is 1. The van der Waals surface area contributed by atoms with E-state index in [1.165, 1.54) is 24.0 Å². The highest BCUT2D eigenvalue weighted by atomic mass is 16.5. The molecule has 0 saturated heterocycles. The number of anilines is 1. The smallest absolute Gasteiger partial charge is 0.165 e. The van der Waals surface area contributed by atoms with Gasteiger partial charge in [0.05, 0.1) is 12.9 Å². The summed E-state index contributed by atoms with van der Waals surface area (Å²) in [5.41, 5.74) is 4.16. The van der Waals surface area contributed by atoms with Crippen molar-refractivity contribution >= 4 is 17.0 Å². The summed E-state index contributed by atoms with van der Waals surface area (Å²) in [5.74, 6) is 1.67. The lowest BCUT2D eigenvalue weighted by Gasteiger charge is -2.10. The van der Waals surface area contributed by atoms with Gasteiger partial charge in [-0.05, 0) is 49.9 Å². The highest BCUT2D eigenvalue weighted by Crippen LogP contribution is 2.37. The molecule has 1 aliphatic carbocycles. The van der Waals surface area contributed by atoms with E-state index in [4.69, 9.17) is 4.74 Å². The van der Waals surface area contributed by atoms with Crippen molar-refractivity contribution in [2.45, 2.75) is 32.7 Å². The average molecular weight is 323 g/mol. The standard InChI is InChI=1S/C18H21N5O/c1-12-7-13(2)9-15(8-12)24-6-5-19-17-16-18(21-10-20-17)23(11-22-16)14-3-4-14/h7-11,14H,3-6H2,1-2H3,(H,19,20,21). The summed E-state index contributed by atoms with van der Waals surface area (Å²) in [4.78, 5) is 13.2. The van der Waals surface area contributed by atoms with E-state index < -0.39 is 0 Å². The van der Waals surface area contributed by atoms with Crippen LogP contribution in [-0.2, 0) is 0 Å². The minimum absolute atomic E-state index is 0.561. The number of hydrogen-bond donors (Lipinski definition) is 1. The molecule has 0 amide bonds. The van der Waals surface area contributed by atoms with Crippen LogP contribution in [0.5, 0.6) is 5.75 Å². The molecule has 0 radical (unpaired) electrons. The van der Waals surface area contributed by atoms with Gasteiger partial charge in [0.1, 0.15) is 24.2 Å². The summed E-state index contributed by atoms with van der Waals surface area (Å²) in [6, 6.07) is 6.80. The monoisotopic (exact) mass is 323 g/mol. The third kappa shape index (κ3) is 3.04. The molecule has 2 aromatic heterocycles. The average Bonchev–Trinajstić information content (AvgIpc) is 3.30. The number of nitrogens with zero attached hydrogens (tertiary/aromatic N) is 4. The number of aryl methyl sites for hydroxylation is 2. The second-order valence-electron chi connectivity index (χ2n) is 6.38. The molecule has 2 heterocycles. The van der Waals surface area contributed by atoms with Crippen molar-refractivity contribution in [3.05, 3.63) is 42.0 Å². The van der Waals surface area contributed by atoms with Crippen molar-refractivity contribution < 1.29 is 4.74 Å². The number of nitrogens with one attached hydrogen (secondary N) is 1. The van der Waals surface area contributed by atoms with Gasteiger partial charge >= 0.3 is 0 Å². The number of rotatable bonds is 6. The van der Waals surface area contributed by atoms with Crippen LogP contribution >= 0.6 is 0 Å². The molecule has 1 saturated carbocycles. The maximum absolute atomic E-state index is 5.82. The van der Waals surface area contributed by atoms with E-state index in [0.717, 1.165) is 22.7 Å². The zero-order chi connectivity index (χ0) is 16.5. The number of fused-ring (bicyclic) bond motifs is 1. The Balaban J connectivity index is 1.40. The van der Waals surface area contributed by atoms with Gasteiger partial charge in [0.15, 0.2) is 11.5 Å². The minimum atomic E-state index is 0.561. The topological polar surface area (TPSA) is 64.9 Å². The van der Waals surface area contributed by atoms with E-state index in [-0.39, 0.29) is 0 Å². The van der Waals surface area contributed by atoms with Crippen molar-refractivity contribution in [2.24, 2.45) is 0 Å². The van der Waals surface area contributed by atoms with Gasteiger partial charge in [-0.25, -0.2) is 15.0 Å². The first-order valence-electron chi connectivity index (χ1n) is 8.33. The molecule has 4 rings (SSSR count). The molecule has 0 atom stereocenters. The second kappa shape index (κ2) is 6.11. The predicted octanol–water partition coefficient (Wildman–Crippen LogP) is 3.27. The van der Waals surface area contributed by atoms with Gasteiger partial charge in [0.2, 0.25) is 0 Å². The Labute approximate surface area is 140 Å². The quantitative estimate of drug-likeness (QED) is 0.705. The Bertz CT molecular complexity index is 849. The maximum atomic E-state index is 5.82. The van der Waals surface area contributed by atoms with Gasteiger partial charge in [0.25, 0.3) is 0 Å². The first-order valence-corrected chi connectivity index (χ1v) is 8.33. The van der Waals surface area contributed by atoms with Crippen LogP contribution in [0.1, 0.15) is 30.0 Å². The lowest BCUT2D eigenvalue weighted by Crippen LogP contribution is -2.13. The molecular formula is C18H21N5O. The van der Waals surface area contributed by atoms with Crippen LogP contribution in [-0.4, -0.2) is 32.7 Å². The molecule has 124 valence electrons. The van der Waals surface area contributed by atoms with Crippen molar-refractivity contribution in [3.63, 3.8) is 0 Å². The van der Waals surface area contributed by atoms with Gasteiger partial charge in [-0.3, -0.25) is 0 Å². The Morgan fingerprint density at radius 3 is 2.67 bits per heavy atom. The van der Waals surface area contributed by atoms with Gasteiger partial charge in [-0.1, -0.05) is 6.07 Å². The lowest BCUT2D eigenvalue weighted by atomic mass is 10.1. The van der Waals surface area contributed by atoms with E-state index in [0.29, 0.717) is 19.2 Å². The third-order valence-corrected chi connectivity index (χ3v) is 4.16. The Morgan fingerprint density at radius 2 is 1.92 bits per heavy atom. The summed E-state index contributed by atoms with van der Waals surface area (Å²) in [6.45, 7) is 5.38. The largest absolute Gasteiger partial charge is 0.492 e. The van der Waals surface area contributed by atoms with Crippen molar-refractivity contribution in [1.29, 1.82) is 0 Å². The summed E-state index contributed by atoms with van der Waals surface area (Å²) < 4.78 is 7.97.